The molecule has 1 atom stereocenters. The molecule has 2 heterocycles. The molecule has 212 valence electrons. The number of halogens is 4. The fraction of sp³-hybridized carbons (Fsp3) is 0.172. The van der Waals surface area contributed by atoms with Crippen molar-refractivity contribution in [1.29, 1.82) is 0 Å². The maximum atomic E-state index is 13.7. The summed E-state index contributed by atoms with van der Waals surface area (Å²) in [5, 5.41) is 8.90. The number of ether oxygens (including phenoxy) is 1. The van der Waals surface area contributed by atoms with Gasteiger partial charge in [0.15, 0.2) is 0 Å². The predicted molar refractivity (Wildman–Crippen MR) is 147 cm³/mol. The molecule has 41 heavy (non-hydrogen) atoms. The maximum absolute atomic E-state index is 13.7. The first kappa shape index (κ1) is 28.4. The number of hydrogen-bond donors (Lipinski definition) is 1. The molecule has 0 bridgehead atoms. The van der Waals surface area contributed by atoms with E-state index >= 15 is 0 Å². The minimum atomic E-state index is -4.62. The number of anilines is 1. The molecule has 1 aromatic heterocycles. The molecule has 5 rings (SSSR count). The number of hydrogen-bond acceptors (Lipinski definition) is 5. The topological polar surface area (TPSA) is 96.8 Å². The Labute approximate surface area is 238 Å². The van der Waals surface area contributed by atoms with Crippen molar-refractivity contribution in [2.75, 3.05) is 10.8 Å². The Morgan fingerprint density at radius 1 is 1.02 bits per heavy atom. The lowest BCUT2D eigenvalue weighted by Crippen LogP contribution is -2.30. The summed E-state index contributed by atoms with van der Waals surface area (Å²) in [5.41, 5.74) is 2.03. The highest BCUT2D eigenvalue weighted by Crippen LogP contribution is 2.44. The van der Waals surface area contributed by atoms with E-state index in [1.165, 1.54) is 28.6 Å². The van der Waals surface area contributed by atoms with Crippen molar-refractivity contribution < 1.29 is 36.2 Å². The third-order valence-electron chi connectivity index (χ3n) is 6.70. The molecule has 4 aromatic rings. The lowest BCUT2D eigenvalue weighted by molar-refractivity contribution is -0.138. The number of pyridine rings is 1. The molecule has 1 aliphatic rings. The SMILES string of the molecule is O=C(O)CCC1CN(S(=O)(=O)c2ccc(Oc3ncc(C(F)(F)F)cc3Cl)cc2)c2ccc(-c3ccccc3)cc21. The van der Waals surface area contributed by atoms with Crippen LogP contribution in [0.1, 0.15) is 29.9 Å². The van der Waals surface area contributed by atoms with Gasteiger partial charge >= 0.3 is 12.1 Å². The zero-order valence-corrected chi connectivity index (χ0v) is 22.7. The molecule has 12 heteroatoms. The second-order valence-electron chi connectivity index (χ2n) is 9.39. The smallest absolute Gasteiger partial charge is 0.417 e. The molecule has 0 saturated carbocycles. The highest BCUT2D eigenvalue weighted by Gasteiger charge is 2.37. The van der Waals surface area contributed by atoms with Gasteiger partial charge < -0.3 is 9.84 Å². The summed E-state index contributed by atoms with van der Waals surface area (Å²) < 4.78 is 72.8. The van der Waals surface area contributed by atoms with Crippen LogP contribution in [-0.4, -0.2) is 31.0 Å². The number of nitrogens with zero attached hydrogens (tertiary/aromatic N) is 2. The maximum Gasteiger partial charge on any atom is 0.417 e. The van der Waals surface area contributed by atoms with Crippen molar-refractivity contribution >= 4 is 33.3 Å². The van der Waals surface area contributed by atoms with Gasteiger partial charge in [0.2, 0.25) is 5.88 Å². The first-order valence-corrected chi connectivity index (χ1v) is 14.2. The van der Waals surface area contributed by atoms with Gasteiger partial charge in [-0.1, -0.05) is 48.0 Å². The number of aromatic nitrogens is 1. The van der Waals surface area contributed by atoms with Crippen molar-refractivity contribution in [3.05, 3.63) is 101 Å². The molecule has 7 nitrogen and oxygen atoms in total. The number of carbonyl (C=O) groups is 1. The molecular formula is C29H22ClF3N2O5S. The lowest BCUT2D eigenvalue weighted by Gasteiger charge is -2.20. The Morgan fingerprint density at radius 3 is 2.37 bits per heavy atom. The molecule has 0 spiro atoms. The average molecular weight is 603 g/mol. The number of carboxylic acids is 1. The number of fused-ring (bicyclic) bond motifs is 1. The standard InChI is InChI=1S/C29H22ClF3N2O5S/c30-25-15-21(29(31,32)33)16-34-28(25)40-22-8-10-23(11-9-22)41(38,39)35-17-20(7-13-27(36)37)24-14-19(6-12-26(24)35)18-4-2-1-3-5-18/h1-6,8-12,14-16,20H,7,13,17H2,(H,36,37). The molecule has 1 unspecified atom stereocenters. The van der Waals surface area contributed by atoms with Crippen molar-refractivity contribution in [3.8, 4) is 22.8 Å². The van der Waals surface area contributed by atoms with Crippen LogP contribution in [0.15, 0.2) is 90.0 Å². The van der Waals surface area contributed by atoms with Gasteiger partial charge in [-0.15, -0.1) is 0 Å². The van der Waals surface area contributed by atoms with Gasteiger partial charge in [-0.05, 0) is 65.6 Å². The van der Waals surface area contributed by atoms with Crippen LogP contribution < -0.4 is 9.04 Å². The van der Waals surface area contributed by atoms with E-state index in [1.807, 2.05) is 42.5 Å². The number of aliphatic carboxylic acids is 1. The van der Waals surface area contributed by atoms with Gasteiger partial charge in [0.05, 0.1) is 16.1 Å². The van der Waals surface area contributed by atoms with Crippen LogP contribution in [0.5, 0.6) is 11.6 Å². The molecule has 0 aliphatic carbocycles. The summed E-state index contributed by atoms with van der Waals surface area (Å²) >= 11 is 5.91. The van der Waals surface area contributed by atoms with Gasteiger partial charge in [0, 0.05) is 25.1 Å². The first-order valence-electron chi connectivity index (χ1n) is 12.4. The average Bonchev–Trinajstić information content (AvgIpc) is 3.32. The second-order valence-corrected chi connectivity index (χ2v) is 11.7. The van der Waals surface area contributed by atoms with Gasteiger partial charge in [0.1, 0.15) is 10.8 Å². The van der Waals surface area contributed by atoms with Gasteiger partial charge in [-0.3, -0.25) is 9.10 Å². The van der Waals surface area contributed by atoms with E-state index in [0.717, 1.165) is 16.7 Å². The van der Waals surface area contributed by atoms with Crippen LogP contribution >= 0.6 is 11.6 Å². The first-order chi connectivity index (χ1) is 19.4. The Morgan fingerprint density at radius 2 is 1.73 bits per heavy atom. The zero-order chi connectivity index (χ0) is 29.4. The summed E-state index contributed by atoms with van der Waals surface area (Å²) in [6.07, 6.45) is -3.87. The highest BCUT2D eigenvalue weighted by molar-refractivity contribution is 7.92. The normalized spacial score (nSPS) is 15.0. The molecule has 0 amide bonds. The number of rotatable bonds is 8. The van der Waals surface area contributed by atoms with Crippen LogP contribution in [0.4, 0.5) is 18.9 Å². The third kappa shape index (κ3) is 6.01. The summed E-state index contributed by atoms with van der Waals surface area (Å²) in [6.45, 7) is 0.0759. The molecule has 0 radical (unpaired) electrons. The van der Waals surface area contributed by atoms with E-state index in [-0.39, 0.29) is 46.9 Å². The number of carboxylic acid groups (broad SMARTS) is 1. The van der Waals surface area contributed by atoms with Crippen LogP contribution in [0.2, 0.25) is 5.02 Å². The van der Waals surface area contributed by atoms with Gasteiger partial charge in [0.25, 0.3) is 10.0 Å². The summed E-state index contributed by atoms with van der Waals surface area (Å²) in [5.74, 6) is -1.44. The Bertz CT molecular complexity index is 1700. The summed E-state index contributed by atoms with van der Waals surface area (Å²) in [4.78, 5) is 14.9. The number of sulfonamides is 1. The molecular weight excluding hydrogens is 581 g/mol. The van der Waals surface area contributed by atoms with Crippen LogP contribution in [-0.2, 0) is 21.0 Å². The second kappa shape index (κ2) is 11.1. The Hall–Kier alpha value is -4.09. The fourth-order valence-corrected chi connectivity index (χ4v) is 6.40. The van der Waals surface area contributed by atoms with E-state index < -0.39 is 27.7 Å². The monoisotopic (exact) mass is 602 g/mol. The molecule has 1 aliphatic heterocycles. The lowest BCUT2D eigenvalue weighted by atomic mass is 9.93. The van der Waals surface area contributed by atoms with Gasteiger partial charge in [-0.25, -0.2) is 13.4 Å². The van der Waals surface area contributed by atoms with Crippen LogP contribution in [0, 0.1) is 0 Å². The minimum absolute atomic E-state index is 0.0479. The van der Waals surface area contributed by atoms with E-state index in [2.05, 4.69) is 4.98 Å². The van der Waals surface area contributed by atoms with E-state index in [0.29, 0.717) is 18.0 Å². The minimum Gasteiger partial charge on any atom is -0.481 e. The molecule has 1 N–H and O–H groups in total. The van der Waals surface area contributed by atoms with E-state index in [4.69, 9.17) is 16.3 Å². The van der Waals surface area contributed by atoms with Crippen LogP contribution in [0.3, 0.4) is 0 Å². The fourth-order valence-electron chi connectivity index (χ4n) is 4.66. The quantitative estimate of drug-likeness (QED) is 0.226. The summed E-state index contributed by atoms with van der Waals surface area (Å²) in [6, 6.07) is 21.0. The van der Waals surface area contributed by atoms with E-state index in [9.17, 15) is 31.5 Å². The largest absolute Gasteiger partial charge is 0.481 e. The molecule has 0 fully saturated rings. The number of benzene rings is 3. The van der Waals surface area contributed by atoms with Crippen molar-refractivity contribution in [2.45, 2.75) is 29.8 Å². The van der Waals surface area contributed by atoms with Crippen molar-refractivity contribution in [3.63, 3.8) is 0 Å². The molecule has 0 saturated heterocycles. The zero-order valence-electron chi connectivity index (χ0n) is 21.2. The Balaban J connectivity index is 1.41. The van der Waals surface area contributed by atoms with Crippen molar-refractivity contribution in [1.82, 2.24) is 4.98 Å². The van der Waals surface area contributed by atoms with Crippen LogP contribution in [0.25, 0.3) is 11.1 Å². The predicted octanol–water partition coefficient (Wildman–Crippen LogP) is 7.37. The van der Waals surface area contributed by atoms with E-state index in [1.54, 1.807) is 6.07 Å². The number of alkyl halides is 3. The molecule has 3 aromatic carbocycles. The van der Waals surface area contributed by atoms with Gasteiger partial charge in [-0.2, -0.15) is 13.2 Å². The third-order valence-corrected chi connectivity index (χ3v) is 8.76. The summed E-state index contributed by atoms with van der Waals surface area (Å²) in [7, 11) is -4.06. The highest BCUT2D eigenvalue weighted by atomic mass is 35.5. The van der Waals surface area contributed by atoms with Crippen molar-refractivity contribution in [2.24, 2.45) is 0 Å². The Kier molecular flexibility index (Phi) is 7.67.